The van der Waals surface area contributed by atoms with Crippen LogP contribution in [-0.2, 0) is 9.53 Å². The monoisotopic (exact) mass is 519 g/mol. The van der Waals surface area contributed by atoms with Crippen molar-refractivity contribution in [1.29, 1.82) is 0 Å². The highest BCUT2D eigenvalue weighted by molar-refractivity contribution is 8.01. The average molecular weight is 520 g/mol. The van der Waals surface area contributed by atoms with Crippen molar-refractivity contribution in [1.82, 2.24) is 30.4 Å². The fourth-order valence-electron chi connectivity index (χ4n) is 3.97. The number of hydrogen-bond acceptors (Lipinski definition) is 10. The summed E-state index contributed by atoms with van der Waals surface area (Å²) >= 11 is 3.01. The van der Waals surface area contributed by atoms with Gasteiger partial charge in [0, 0.05) is 17.0 Å². The van der Waals surface area contributed by atoms with Crippen LogP contribution in [0.2, 0.25) is 0 Å². The first-order valence-electron chi connectivity index (χ1n) is 11.6. The molecule has 2 aromatic carbocycles. The number of nitrogens with one attached hydrogen (secondary N) is 1. The van der Waals surface area contributed by atoms with Crippen molar-refractivity contribution < 1.29 is 9.53 Å². The van der Waals surface area contributed by atoms with E-state index in [1.165, 1.54) is 28.7 Å². The first-order chi connectivity index (χ1) is 17.5. The van der Waals surface area contributed by atoms with Gasteiger partial charge in [-0.1, -0.05) is 96.6 Å². The van der Waals surface area contributed by atoms with Crippen LogP contribution in [0, 0.1) is 0 Å². The summed E-state index contributed by atoms with van der Waals surface area (Å²) in [6.45, 7) is 6.36. The minimum atomic E-state index is -0.513. The molecule has 1 N–H and O–H groups in total. The molecule has 0 fully saturated rings. The summed E-state index contributed by atoms with van der Waals surface area (Å²) in [7, 11) is 0. The van der Waals surface area contributed by atoms with Crippen molar-refractivity contribution >= 4 is 35.0 Å². The third-order valence-electron chi connectivity index (χ3n) is 5.78. The fraction of sp³-hybridized carbons (Fsp3) is 0.280. The summed E-state index contributed by atoms with van der Waals surface area (Å²) in [4.78, 5) is 13.3. The largest absolute Gasteiger partial charge is 0.463 e. The summed E-state index contributed by atoms with van der Waals surface area (Å²) in [5, 5.41) is 24.9. The molecule has 0 spiro atoms. The molecule has 4 aromatic rings. The van der Waals surface area contributed by atoms with Gasteiger partial charge < -0.3 is 10.1 Å². The topological polar surface area (TPSA) is 108 Å². The van der Waals surface area contributed by atoms with Gasteiger partial charge in [-0.15, -0.1) is 10.2 Å². The van der Waals surface area contributed by atoms with Crippen LogP contribution in [0.3, 0.4) is 0 Å². The molecule has 0 radical (unpaired) electrons. The van der Waals surface area contributed by atoms with Crippen LogP contribution in [-0.4, -0.2) is 48.7 Å². The molecule has 5 rings (SSSR count). The molecule has 3 heterocycles. The molecule has 184 valence electrons. The lowest BCUT2D eigenvalue weighted by Crippen LogP contribution is -2.31. The number of nitrogens with zero attached hydrogens (tertiary/aromatic N) is 6. The maximum Gasteiger partial charge on any atom is 0.338 e. The summed E-state index contributed by atoms with van der Waals surface area (Å²) in [5.74, 6) is 0.918. The number of aromatic nitrogens is 6. The molecule has 0 amide bonds. The van der Waals surface area contributed by atoms with Gasteiger partial charge in [-0.2, -0.15) is 4.68 Å². The van der Waals surface area contributed by atoms with Gasteiger partial charge in [0.05, 0.1) is 12.2 Å². The van der Waals surface area contributed by atoms with E-state index < -0.39 is 12.0 Å². The Labute approximate surface area is 217 Å². The molecule has 9 nitrogen and oxygen atoms in total. The standard InChI is InChI=1S/C25H25N7O2S2/c1-4-34-23(33)20-19(14-35-25-29-27-22(36-25)18-8-6-5-7-9-18)26-24-28-30-31-32(24)21(20)17-12-10-16(11-13-17)15(2)3/h5-13,15,21H,4,14H2,1-3H3,(H,26,28,31). The molecule has 0 bridgehead atoms. The molecule has 1 aliphatic heterocycles. The van der Waals surface area contributed by atoms with E-state index in [1.807, 2.05) is 42.5 Å². The SMILES string of the molecule is CCOC(=O)C1=C(CSc2nnc(-c3ccccc3)s2)Nc2nnnn2C1c1ccc(C(C)C)cc1. The van der Waals surface area contributed by atoms with E-state index in [2.05, 4.69) is 57.0 Å². The predicted molar refractivity (Wildman–Crippen MR) is 140 cm³/mol. The number of esters is 1. The number of anilines is 1. The normalized spacial score (nSPS) is 15.1. The second-order valence-electron chi connectivity index (χ2n) is 8.44. The minimum absolute atomic E-state index is 0.265. The van der Waals surface area contributed by atoms with Crippen LogP contribution < -0.4 is 5.32 Å². The molecule has 1 unspecified atom stereocenters. The Morgan fingerprint density at radius 1 is 1.11 bits per heavy atom. The Hall–Kier alpha value is -3.57. The van der Waals surface area contributed by atoms with Crippen molar-refractivity contribution in [3.8, 4) is 10.6 Å². The van der Waals surface area contributed by atoms with E-state index in [0.717, 1.165) is 20.5 Å². The molecular formula is C25H25N7O2S2. The van der Waals surface area contributed by atoms with Gasteiger partial charge in [0.15, 0.2) is 4.34 Å². The Morgan fingerprint density at radius 2 is 1.89 bits per heavy atom. The summed E-state index contributed by atoms with van der Waals surface area (Å²) < 4.78 is 7.91. The first-order valence-corrected chi connectivity index (χ1v) is 13.4. The quantitative estimate of drug-likeness (QED) is 0.256. The predicted octanol–water partition coefficient (Wildman–Crippen LogP) is 4.94. The van der Waals surface area contributed by atoms with E-state index in [0.29, 0.717) is 28.9 Å². The van der Waals surface area contributed by atoms with Gasteiger partial charge in [-0.05, 0) is 34.4 Å². The van der Waals surface area contributed by atoms with E-state index in [-0.39, 0.29) is 6.61 Å². The number of benzene rings is 2. The first kappa shape index (κ1) is 24.1. The number of ether oxygens (including phenoxy) is 1. The Kier molecular flexibility index (Phi) is 7.10. The average Bonchev–Trinajstić information content (AvgIpc) is 3.57. The molecule has 11 heteroatoms. The smallest absolute Gasteiger partial charge is 0.338 e. The van der Waals surface area contributed by atoms with Gasteiger partial charge in [0.1, 0.15) is 11.0 Å². The third-order valence-corrected chi connectivity index (χ3v) is 7.91. The number of fused-ring (bicyclic) bond motifs is 1. The van der Waals surface area contributed by atoms with E-state index in [4.69, 9.17) is 4.74 Å². The Morgan fingerprint density at radius 3 is 2.61 bits per heavy atom. The number of tetrazole rings is 1. The number of carbonyl (C=O) groups excluding carboxylic acids is 1. The van der Waals surface area contributed by atoms with E-state index in [9.17, 15) is 4.79 Å². The Bertz CT molecular complexity index is 1380. The second-order valence-corrected chi connectivity index (χ2v) is 10.6. The highest BCUT2D eigenvalue weighted by atomic mass is 32.2. The molecule has 0 aliphatic carbocycles. The lowest BCUT2D eigenvalue weighted by Gasteiger charge is -2.28. The van der Waals surface area contributed by atoms with Crippen molar-refractivity contribution in [2.24, 2.45) is 0 Å². The molecule has 0 saturated heterocycles. The minimum Gasteiger partial charge on any atom is -0.463 e. The second kappa shape index (κ2) is 10.6. The zero-order valence-corrected chi connectivity index (χ0v) is 21.7. The van der Waals surface area contributed by atoms with Gasteiger partial charge in [0.2, 0.25) is 5.95 Å². The van der Waals surface area contributed by atoms with Crippen LogP contribution in [0.5, 0.6) is 0 Å². The van der Waals surface area contributed by atoms with E-state index >= 15 is 0 Å². The highest BCUT2D eigenvalue weighted by Crippen LogP contribution is 2.38. The number of carbonyl (C=O) groups is 1. The lowest BCUT2D eigenvalue weighted by molar-refractivity contribution is -0.139. The Balaban J connectivity index is 1.49. The van der Waals surface area contributed by atoms with Gasteiger partial charge in [-0.25, -0.2) is 4.79 Å². The van der Waals surface area contributed by atoms with Gasteiger partial charge >= 0.3 is 5.97 Å². The van der Waals surface area contributed by atoms with E-state index in [1.54, 1.807) is 11.6 Å². The van der Waals surface area contributed by atoms with Gasteiger partial charge in [-0.3, -0.25) is 0 Å². The molecule has 36 heavy (non-hydrogen) atoms. The summed E-state index contributed by atoms with van der Waals surface area (Å²) in [5.41, 5.74) is 4.31. The van der Waals surface area contributed by atoms with Crippen LogP contribution in [0.1, 0.15) is 43.9 Å². The zero-order chi connectivity index (χ0) is 25.1. The van der Waals surface area contributed by atoms with Crippen LogP contribution in [0.15, 0.2) is 70.2 Å². The van der Waals surface area contributed by atoms with Crippen LogP contribution in [0.25, 0.3) is 10.6 Å². The lowest BCUT2D eigenvalue weighted by atomic mass is 9.93. The van der Waals surface area contributed by atoms with Crippen LogP contribution in [0.4, 0.5) is 5.95 Å². The van der Waals surface area contributed by atoms with Gasteiger partial charge in [0.25, 0.3) is 0 Å². The molecule has 2 aromatic heterocycles. The molecular weight excluding hydrogens is 494 g/mol. The number of rotatable bonds is 8. The van der Waals surface area contributed by atoms with Crippen molar-refractivity contribution in [2.45, 2.75) is 37.1 Å². The maximum absolute atomic E-state index is 13.3. The molecule has 1 atom stereocenters. The number of thioether (sulfide) groups is 1. The van der Waals surface area contributed by atoms with Crippen LogP contribution >= 0.6 is 23.1 Å². The number of hydrogen-bond donors (Lipinski definition) is 1. The van der Waals surface area contributed by atoms with Crippen molar-refractivity contribution in [3.05, 3.63) is 77.0 Å². The molecule has 0 saturated carbocycles. The fourth-order valence-corrected chi connectivity index (χ4v) is 5.79. The zero-order valence-electron chi connectivity index (χ0n) is 20.1. The summed E-state index contributed by atoms with van der Waals surface area (Å²) in [6.07, 6.45) is 0. The maximum atomic E-state index is 13.3. The van der Waals surface area contributed by atoms with Crippen molar-refractivity contribution in [2.75, 3.05) is 17.7 Å². The third kappa shape index (κ3) is 4.89. The van der Waals surface area contributed by atoms with Crippen molar-refractivity contribution in [3.63, 3.8) is 0 Å². The summed E-state index contributed by atoms with van der Waals surface area (Å²) in [6, 6.07) is 17.6. The molecule has 1 aliphatic rings. The highest BCUT2D eigenvalue weighted by Gasteiger charge is 2.36.